The van der Waals surface area contributed by atoms with Crippen molar-refractivity contribution < 1.29 is 14.3 Å². The molecule has 0 aliphatic carbocycles. The average Bonchev–Trinajstić information content (AvgIpc) is 3.63. The number of hydrogen-bond donors (Lipinski definition) is 1. The van der Waals surface area contributed by atoms with Gasteiger partial charge >= 0.3 is 0 Å². The minimum Gasteiger partial charge on any atom is -0.454 e. The van der Waals surface area contributed by atoms with Gasteiger partial charge in [-0.05, 0) is 53.8 Å². The molecule has 0 bridgehead atoms. The molecule has 202 valence electrons. The van der Waals surface area contributed by atoms with Crippen molar-refractivity contribution in [3.05, 3.63) is 132 Å². The molecule has 5 nitrogen and oxygen atoms in total. The van der Waals surface area contributed by atoms with E-state index < -0.39 is 0 Å². The molecule has 0 saturated carbocycles. The first-order chi connectivity index (χ1) is 19.7. The van der Waals surface area contributed by atoms with Crippen LogP contribution in [0.15, 0.2) is 109 Å². The number of nitrogens with zero attached hydrogens (tertiary/aromatic N) is 1. The summed E-state index contributed by atoms with van der Waals surface area (Å²) in [6, 6.07) is 35.5. The van der Waals surface area contributed by atoms with Crippen molar-refractivity contribution in [1.82, 2.24) is 9.88 Å². The first kappa shape index (κ1) is 25.8. The van der Waals surface area contributed by atoms with Crippen molar-refractivity contribution in [2.75, 3.05) is 13.3 Å². The van der Waals surface area contributed by atoms with Gasteiger partial charge in [-0.3, -0.25) is 4.79 Å². The fourth-order valence-corrected chi connectivity index (χ4v) is 5.86. The van der Waals surface area contributed by atoms with E-state index in [0.717, 1.165) is 35.6 Å². The van der Waals surface area contributed by atoms with Crippen LogP contribution in [0.5, 0.6) is 11.5 Å². The molecule has 1 amide bonds. The van der Waals surface area contributed by atoms with E-state index in [9.17, 15) is 4.79 Å². The lowest BCUT2D eigenvalue weighted by atomic mass is 9.87. The highest BCUT2D eigenvalue weighted by atomic mass is 16.7. The second-order valence-electron chi connectivity index (χ2n) is 10.3. The second-order valence-corrected chi connectivity index (χ2v) is 10.3. The Balaban J connectivity index is 1.24. The van der Waals surface area contributed by atoms with Crippen molar-refractivity contribution in [2.45, 2.75) is 38.1 Å². The van der Waals surface area contributed by atoms with Crippen LogP contribution in [0.3, 0.4) is 0 Å². The molecule has 1 aliphatic heterocycles. The summed E-state index contributed by atoms with van der Waals surface area (Å²) in [4.78, 5) is 13.5. The van der Waals surface area contributed by atoms with Crippen molar-refractivity contribution in [1.29, 1.82) is 0 Å². The van der Waals surface area contributed by atoms with E-state index in [1.165, 1.54) is 22.0 Å². The van der Waals surface area contributed by atoms with Gasteiger partial charge in [0, 0.05) is 48.4 Å². The standard InChI is InChI=1S/C35H34N2O3/c1-2-37-23-31(29-15-9-10-16-32(29)37)30(27-17-18-33-34(21-27)40-24-39-33)22-35(38)36-20-19-28(25-11-5-3-6-12-25)26-13-7-4-8-14-26/h3-18,21,23,28,30H,2,19-20,22,24H2,1H3,(H,36,38)/t30-/m0/s1. The predicted octanol–water partition coefficient (Wildman–Crippen LogP) is 7.25. The van der Waals surface area contributed by atoms with Crippen molar-refractivity contribution in [2.24, 2.45) is 0 Å². The van der Waals surface area contributed by atoms with Gasteiger partial charge in [-0.15, -0.1) is 0 Å². The van der Waals surface area contributed by atoms with Gasteiger partial charge in [-0.25, -0.2) is 0 Å². The lowest BCUT2D eigenvalue weighted by molar-refractivity contribution is -0.121. The third-order valence-electron chi connectivity index (χ3n) is 7.88. The van der Waals surface area contributed by atoms with Gasteiger partial charge in [0.15, 0.2) is 11.5 Å². The summed E-state index contributed by atoms with van der Waals surface area (Å²) >= 11 is 0. The first-order valence-corrected chi connectivity index (χ1v) is 14.0. The Morgan fingerprint density at radius 2 is 1.48 bits per heavy atom. The molecule has 0 radical (unpaired) electrons. The van der Waals surface area contributed by atoms with E-state index in [1.807, 2.05) is 24.3 Å². The average molecular weight is 531 g/mol. The van der Waals surface area contributed by atoms with Crippen molar-refractivity contribution in [3.8, 4) is 11.5 Å². The fourth-order valence-electron chi connectivity index (χ4n) is 5.86. The van der Waals surface area contributed by atoms with Crippen LogP contribution >= 0.6 is 0 Å². The zero-order valence-electron chi connectivity index (χ0n) is 22.8. The summed E-state index contributed by atoms with van der Waals surface area (Å²) in [5.41, 5.74) is 5.89. The summed E-state index contributed by atoms with van der Waals surface area (Å²) < 4.78 is 13.5. The number of carbonyl (C=O) groups excluding carboxylic acids is 1. The maximum atomic E-state index is 13.5. The molecule has 6 rings (SSSR count). The Labute approximate surface area is 235 Å². The van der Waals surface area contributed by atoms with Crippen molar-refractivity contribution in [3.63, 3.8) is 0 Å². The predicted molar refractivity (Wildman–Crippen MR) is 159 cm³/mol. The maximum absolute atomic E-state index is 13.5. The zero-order valence-corrected chi connectivity index (χ0v) is 22.8. The Morgan fingerprint density at radius 1 is 0.800 bits per heavy atom. The third-order valence-corrected chi connectivity index (χ3v) is 7.88. The van der Waals surface area contributed by atoms with Gasteiger partial charge in [0.05, 0.1) is 0 Å². The van der Waals surface area contributed by atoms with Crippen LogP contribution in [0.25, 0.3) is 10.9 Å². The van der Waals surface area contributed by atoms with Crippen molar-refractivity contribution >= 4 is 16.8 Å². The van der Waals surface area contributed by atoms with Gasteiger partial charge in [-0.1, -0.05) is 84.9 Å². The fraction of sp³-hybridized carbons (Fsp3) is 0.229. The Hall–Kier alpha value is -4.51. The number of ether oxygens (including phenoxy) is 2. The number of nitrogens with one attached hydrogen (secondary N) is 1. The SMILES string of the molecule is CCn1cc([C@@H](CC(=O)NCCC(c2ccccc2)c2ccccc2)c2ccc3c(c2)OCO3)c2ccccc21. The Kier molecular flexibility index (Phi) is 7.53. The van der Waals surface area contributed by atoms with E-state index in [2.05, 4.69) is 102 Å². The van der Waals surface area contributed by atoms with Crippen LogP contribution in [0.4, 0.5) is 0 Å². The quantitative estimate of drug-likeness (QED) is 0.207. The molecule has 1 atom stereocenters. The minimum atomic E-state index is -0.119. The molecule has 1 aliphatic rings. The number of fused-ring (bicyclic) bond motifs is 2. The lowest BCUT2D eigenvalue weighted by Crippen LogP contribution is -2.27. The third kappa shape index (κ3) is 5.32. The lowest BCUT2D eigenvalue weighted by Gasteiger charge is -2.20. The number of benzene rings is 4. The number of amides is 1. The van der Waals surface area contributed by atoms with Gasteiger partial charge < -0.3 is 19.4 Å². The van der Waals surface area contributed by atoms with Crippen LogP contribution in [0, 0.1) is 0 Å². The maximum Gasteiger partial charge on any atom is 0.231 e. The highest BCUT2D eigenvalue weighted by Crippen LogP contribution is 2.40. The van der Waals surface area contributed by atoms with Gasteiger partial charge in [0.2, 0.25) is 12.7 Å². The highest BCUT2D eigenvalue weighted by Gasteiger charge is 2.25. The molecule has 40 heavy (non-hydrogen) atoms. The normalized spacial score (nSPS) is 13.1. The molecule has 0 spiro atoms. The zero-order chi connectivity index (χ0) is 27.3. The molecule has 0 fully saturated rings. The van der Waals surface area contributed by atoms with E-state index in [0.29, 0.717) is 13.0 Å². The van der Waals surface area contributed by atoms with Gasteiger partial charge in [0.1, 0.15) is 0 Å². The van der Waals surface area contributed by atoms with Gasteiger partial charge in [0.25, 0.3) is 0 Å². The molecule has 5 aromatic rings. The van der Waals surface area contributed by atoms with E-state index >= 15 is 0 Å². The van der Waals surface area contributed by atoms with Crippen LogP contribution < -0.4 is 14.8 Å². The largest absolute Gasteiger partial charge is 0.454 e. The minimum absolute atomic E-state index is 0.0378. The van der Waals surface area contributed by atoms with Crippen LogP contribution in [0.2, 0.25) is 0 Å². The summed E-state index contributed by atoms with van der Waals surface area (Å²) in [6.45, 7) is 3.83. The molecule has 0 saturated heterocycles. The molecule has 1 aromatic heterocycles. The number of hydrogen-bond acceptors (Lipinski definition) is 3. The molecule has 5 heteroatoms. The highest BCUT2D eigenvalue weighted by molar-refractivity contribution is 5.86. The summed E-state index contributed by atoms with van der Waals surface area (Å²) in [6.07, 6.45) is 3.37. The molecule has 1 N–H and O–H groups in total. The molecular formula is C35H34N2O3. The first-order valence-electron chi connectivity index (χ1n) is 14.0. The number of para-hydroxylation sites is 1. The topological polar surface area (TPSA) is 52.5 Å². The van der Waals surface area contributed by atoms with Gasteiger partial charge in [-0.2, -0.15) is 0 Å². The summed E-state index contributed by atoms with van der Waals surface area (Å²) in [7, 11) is 0. The Bertz CT molecular complexity index is 1550. The van der Waals surface area contributed by atoms with Crippen LogP contribution in [-0.2, 0) is 11.3 Å². The van der Waals surface area contributed by atoms with Crippen LogP contribution in [0.1, 0.15) is 53.9 Å². The second kappa shape index (κ2) is 11.7. The van der Waals surface area contributed by atoms with E-state index in [-0.39, 0.29) is 24.5 Å². The van der Waals surface area contributed by atoms with Crippen LogP contribution in [-0.4, -0.2) is 23.8 Å². The Morgan fingerprint density at radius 3 is 2.20 bits per heavy atom. The molecule has 0 unspecified atom stereocenters. The molecular weight excluding hydrogens is 496 g/mol. The van der Waals surface area contributed by atoms with E-state index in [1.54, 1.807) is 0 Å². The molecule has 4 aromatic carbocycles. The number of carbonyl (C=O) groups is 1. The monoisotopic (exact) mass is 530 g/mol. The summed E-state index contributed by atoms with van der Waals surface area (Å²) in [5, 5.41) is 4.42. The summed E-state index contributed by atoms with van der Waals surface area (Å²) in [5.74, 6) is 1.61. The molecule has 2 heterocycles. The smallest absolute Gasteiger partial charge is 0.231 e. The van der Waals surface area contributed by atoms with E-state index in [4.69, 9.17) is 9.47 Å². The number of aromatic nitrogens is 1. The number of aryl methyl sites for hydroxylation is 1. The number of rotatable bonds is 10.